The van der Waals surface area contributed by atoms with E-state index in [1.54, 1.807) is 0 Å². The molecule has 2 aliphatic carbocycles. The molecule has 3 heteroatoms. The maximum atomic E-state index is 6.25. The van der Waals surface area contributed by atoms with E-state index in [1.807, 2.05) is 0 Å². The molecule has 0 bridgehead atoms. The van der Waals surface area contributed by atoms with Crippen LogP contribution >= 0.6 is 0 Å². The van der Waals surface area contributed by atoms with Crippen molar-refractivity contribution in [1.29, 1.82) is 0 Å². The smallest absolute Gasteiger partial charge is 0.126 e. The van der Waals surface area contributed by atoms with E-state index in [4.69, 9.17) is 10.7 Å². The average Bonchev–Trinajstić information content (AvgIpc) is 3.09. The molecule has 17 heavy (non-hydrogen) atoms. The summed E-state index contributed by atoms with van der Waals surface area (Å²) in [4.78, 5) is 4.87. The topological polar surface area (TPSA) is 43.8 Å². The molecule has 3 nitrogen and oxygen atoms in total. The van der Waals surface area contributed by atoms with Crippen LogP contribution in [0.4, 0.5) is 5.82 Å². The molecule has 2 fully saturated rings. The van der Waals surface area contributed by atoms with Gasteiger partial charge < -0.3 is 10.3 Å². The van der Waals surface area contributed by atoms with Crippen LogP contribution in [0.3, 0.4) is 0 Å². The number of nitrogens with zero attached hydrogens (tertiary/aromatic N) is 2. The SMILES string of the molecule is CC1CCCC(c2nc(C3CC3)n(C)c2N)C1. The summed E-state index contributed by atoms with van der Waals surface area (Å²) < 4.78 is 2.13. The van der Waals surface area contributed by atoms with Crippen LogP contribution in [0, 0.1) is 5.92 Å². The van der Waals surface area contributed by atoms with E-state index in [9.17, 15) is 0 Å². The largest absolute Gasteiger partial charge is 0.384 e. The summed E-state index contributed by atoms with van der Waals surface area (Å²) in [6.07, 6.45) is 7.84. The van der Waals surface area contributed by atoms with Crippen molar-refractivity contribution in [2.24, 2.45) is 13.0 Å². The molecule has 0 amide bonds. The molecule has 2 atom stereocenters. The first kappa shape index (κ1) is 11.1. The second-order valence-corrected chi connectivity index (χ2v) is 6.04. The summed E-state index contributed by atoms with van der Waals surface area (Å²) in [6, 6.07) is 0. The van der Waals surface area contributed by atoms with Crippen molar-refractivity contribution < 1.29 is 0 Å². The van der Waals surface area contributed by atoms with Crippen molar-refractivity contribution in [1.82, 2.24) is 9.55 Å². The van der Waals surface area contributed by atoms with Gasteiger partial charge in [0.1, 0.15) is 11.6 Å². The zero-order chi connectivity index (χ0) is 12.0. The fraction of sp³-hybridized carbons (Fsp3) is 0.786. The van der Waals surface area contributed by atoms with Gasteiger partial charge in [-0.1, -0.05) is 19.8 Å². The van der Waals surface area contributed by atoms with Gasteiger partial charge in [0.05, 0.1) is 5.69 Å². The van der Waals surface area contributed by atoms with Crippen molar-refractivity contribution in [3.63, 3.8) is 0 Å². The molecule has 94 valence electrons. The Bertz CT molecular complexity index is 417. The Hall–Kier alpha value is -0.990. The Kier molecular flexibility index (Phi) is 2.64. The van der Waals surface area contributed by atoms with Gasteiger partial charge in [-0.15, -0.1) is 0 Å². The highest BCUT2D eigenvalue weighted by molar-refractivity contribution is 5.41. The first-order chi connectivity index (χ1) is 8.16. The highest BCUT2D eigenvalue weighted by atomic mass is 15.1. The molecule has 1 aromatic heterocycles. The predicted octanol–water partition coefficient (Wildman–Crippen LogP) is 3.17. The number of aromatic nitrogens is 2. The van der Waals surface area contributed by atoms with Crippen molar-refractivity contribution in [2.75, 3.05) is 5.73 Å². The van der Waals surface area contributed by atoms with Gasteiger partial charge in [0.2, 0.25) is 0 Å². The van der Waals surface area contributed by atoms with Crippen LogP contribution in [0.5, 0.6) is 0 Å². The van der Waals surface area contributed by atoms with E-state index in [1.165, 1.54) is 50.0 Å². The first-order valence-electron chi connectivity index (χ1n) is 6.98. The summed E-state index contributed by atoms with van der Waals surface area (Å²) in [5.41, 5.74) is 7.44. The molecule has 2 saturated carbocycles. The second kappa shape index (κ2) is 4.04. The quantitative estimate of drug-likeness (QED) is 0.852. The van der Waals surface area contributed by atoms with Gasteiger partial charge in [-0.25, -0.2) is 4.98 Å². The lowest BCUT2D eigenvalue weighted by Crippen LogP contribution is -2.13. The van der Waals surface area contributed by atoms with Crippen LogP contribution in [0.1, 0.15) is 68.8 Å². The minimum absolute atomic E-state index is 0.609. The fourth-order valence-corrected chi connectivity index (χ4v) is 3.24. The molecule has 0 radical (unpaired) electrons. The maximum Gasteiger partial charge on any atom is 0.126 e. The number of imidazole rings is 1. The van der Waals surface area contributed by atoms with Gasteiger partial charge in [-0.3, -0.25) is 0 Å². The number of nitrogen functional groups attached to an aromatic ring is 1. The van der Waals surface area contributed by atoms with Crippen LogP contribution in [0.25, 0.3) is 0 Å². The molecule has 1 heterocycles. The first-order valence-corrected chi connectivity index (χ1v) is 6.98. The molecule has 0 aromatic carbocycles. The van der Waals surface area contributed by atoms with E-state index in [0.717, 1.165) is 11.7 Å². The molecular weight excluding hydrogens is 210 g/mol. The Morgan fingerprint density at radius 2 is 1.94 bits per heavy atom. The third-order valence-electron chi connectivity index (χ3n) is 4.47. The fourth-order valence-electron chi connectivity index (χ4n) is 3.24. The highest BCUT2D eigenvalue weighted by Crippen LogP contribution is 2.43. The van der Waals surface area contributed by atoms with Crippen LogP contribution in [0.15, 0.2) is 0 Å². The summed E-state index contributed by atoms with van der Waals surface area (Å²) in [7, 11) is 2.08. The maximum absolute atomic E-state index is 6.25. The van der Waals surface area contributed by atoms with Crippen LogP contribution in [0.2, 0.25) is 0 Å². The molecule has 2 N–H and O–H groups in total. The number of anilines is 1. The van der Waals surface area contributed by atoms with Gasteiger partial charge in [0.15, 0.2) is 0 Å². The van der Waals surface area contributed by atoms with Crippen LogP contribution in [-0.2, 0) is 7.05 Å². The summed E-state index contributed by atoms with van der Waals surface area (Å²) in [5, 5.41) is 0. The lowest BCUT2D eigenvalue weighted by molar-refractivity contribution is 0.341. The number of nitrogens with two attached hydrogens (primary N) is 1. The number of rotatable bonds is 2. The van der Waals surface area contributed by atoms with E-state index < -0.39 is 0 Å². The molecule has 2 aliphatic rings. The van der Waals surface area contributed by atoms with Gasteiger partial charge >= 0.3 is 0 Å². The predicted molar refractivity (Wildman–Crippen MR) is 70.0 cm³/mol. The third kappa shape index (κ3) is 1.96. The van der Waals surface area contributed by atoms with Crippen molar-refractivity contribution in [3.05, 3.63) is 11.5 Å². The minimum Gasteiger partial charge on any atom is -0.384 e. The Morgan fingerprint density at radius 3 is 2.59 bits per heavy atom. The number of hydrogen-bond donors (Lipinski definition) is 1. The molecule has 2 unspecified atom stereocenters. The van der Waals surface area contributed by atoms with Crippen LogP contribution in [-0.4, -0.2) is 9.55 Å². The summed E-state index contributed by atoms with van der Waals surface area (Å²) in [6.45, 7) is 2.35. The highest BCUT2D eigenvalue weighted by Gasteiger charge is 2.32. The average molecular weight is 233 g/mol. The zero-order valence-electron chi connectivity index (χ0n) is 10.9. The Morgan fingerprint density at radius 1 is 1.18 bits per heavy atom. The normalized spacial score (nSPS) is 29.5. The van der Waals surface area contributed by atoms with E-state index in [-0.39, 0.29) is 0 Å². The van der Waals surface area contributed by atoms with E-state index in [0.29, 0.717) is 11.8 Å². The van der Waals surface area contributed by atoms with Gasteiger partial charge in [0, 0.05) is 18.9 Å². The molecule has 1 aromatic rings. The standard InChI is InChI=1S/C14H23N3/c1-9-4-3-5-11(8-9)12-13(15)17(2)14(16-12)10-6-7-10/h9-11H,3-8,15H2,1-2H3. The lowest BCUT2D eigenvalue weighted by Gasteiger charge is -2.25. The van der Waals surface area contributed by atoms with E-state index >= 15 is 0 Å². The monoisotopic (exact) mass is 233 g/mol. The minimum atomic E-state index is 0.609. The number of hydrogen-bond acceptors (Lipinski definition) is 2. The Labute approximate surface area is 103 Å². The molecule has 0 aliphatic heterocycles. The second-order valence-electron chi connectivity index (χ2n) is 6.04. The van der Waals surface area contributed by atoms with Gasteiger partial charge in [-0.05, 0) is 31.6 Å². The van der Waals surface area contributed by atoms with Gasteiger partial charge in [0.25, 0.3) is 0 Å². The van der Waals surface area contributed by atoms with Crippen molar-refractivity contribution >= 4 is 5.82 Å². The molecule has 0 saturated heterocycles. The lowest BCUT2D eigenvalue weighted by atomic mass is 9.81. The van der Waals surface area contributed by atoms with Crippen LogP contribution < -0.4 is 5.73 Å². The van der Waals surface area contributed by atoms with Crippen molar-refractivity contribution in [3.8, 4) is 0 Å². The third-order valence-corrected chi connectivity index (χ3v) is 4.47. The summed E-state index contributed by atoms with van der Waals surface area (Å²) >= 11 is 0. The zero-order valence-corrected chi connectivity index (χ0v) is 10.9. The molecule has 3 rings (SSSR count). The Balaban J connectivity index is 1.88. The van der Waals surface area contributed by atoms with E-state index in [2.05, 4.69) is 18.5 Å². The van der Waals surface area contributed by atoms with Gasteiger partial charge in [-0.2, -0.15) is 0 Å². The van der Waals surface area contributed by atoms with Crippen molar-refractivity contribution in [2.45, 2.75) is 57.3 Å². The molecular formula is C14H23N3. The molecule has 0 spiro atoms. The summed E-state index contributed by atoms with van der Waals surface area (Å²) in [5.74, 6) is 4.29.